The molecule has 1 saturated heterocycles. The molecule has 3 rings (SSSR count). The van der Waals surface area contributed by atoms with Crippen LogP contribution in [0.5, 0.6) is 0 Å². The normalized spacial score (nSPS) is 15.1. The maximum Gasteiger partial charge on any atom is 0.228 e. The van der Waals surface area contributed by atoms with Gasteiger partial charge >= 0.3 is 0 Å². The molecule has 1 N–H and O–H groups in total. The van der Waals surface area contributed by atoms with Gasteiger partial charge in [-0.25, -0.2) is 0 Å². The van der Waals surface area contributed by atoms with Gasteiger partial charge in [-0.1, -0.05) is 42.5 Å². The van der Waals surface area contributed by atoms with Crippen molar-refractivity contribution in [3.63, 3.8) is 0 Å². The highest BCUT2D eigenvalue weighted by molar-refractivity contribution is 5.83. The summed E-state index contributed by atoms with van der Waals surface area (Å²) in [7, 11) is 1.90. The van der Waals surface area contributed by atoms with Crippen molar-refractivity contribution in [1.82, 2.24) is 10.2 Å². The number of benzene rings is 2. The first-order chi connectivity index (χ1) is 9.74. The van der Waals surface area contributed by atoms with Crippen molar-refractivity contribution in [3.8, 4) is 0 Å². The van der Waals surface area contributed by atoms with Gasteiger partial charge in [-0.3, -0.25) is 4.79 Å². The van der Waals surface area contributed by atoms with E-state index in [0.29, 0.717) is 0 Å². The van der Waals surface area contributed by atoms with Crippen LogP contribution < -0.4 is 5.32 Å². The average molecular weight is 268 g/mol. The SMILES string of the molecule is CN(CCc1ccc2ccccc2c1)C(=O)C1CNC1. The first-order valence-corrected chi connectivity index (χ1v) is 7.17. The van der Waals surface area contributed by atoms with Gasteiger partial charge in [-0.2, -0.15) is 0 Å². The van der Waals surface area contributed by atoms with Crippen LogP contribution in [0.2, 0.25) is 0 Å². The Labute approximate surface area is 119 Å². The van der Waals surface area contributed by atoms with Gasteiger partial charge in [0.2, 0.25) is 5.91 Å². The molecule has 20 heavy (non-hydrogen) atoms. The molecule has 104 valence electrons. The fraction of sp³-hybridized carbons (Fsp3) is 0.353. The Morgan fingerprint density at radius 3 is 2.65 bits per heavy atom. The van der Waals surface area contributed by atoms with Crippen LogP contribution in [0.25, 0.3) is 10.8 Å². The molecule has 0 unspecified atom stereocenters. The second-order valence-corrected chi connectivity index (χ2v) is 5.55. The average Bonchev–Trinajstić information content (AvgIpc) is 2.42. The van der Waals surface area contributed by atoms with E-state index < -0.39 is 0 Å². The summed E-state index contributed by atoms with van der Waals surface area (Å²) in [5.41, 5.74) is 1.29. The molecule has 0 bridgehead atoms. The fourth-order valence-corrected chi connectivity index (χ4v) is 2.58. The Morgan fingerprint density at radius 1 is 1.20 bits per heavy atom. The summed E-state index contributed by atoms with van der Waals surface area (Å²) in [6.45, 7) is 2.45. The van der Waals surface area contributed by atoms with Gasteiger partial charge in [0, 0.05) is 26.7 Å². The van der Waals surface area contributed by atoms with E-state index >= 15 is 0 Å². The molecular weight excluding hydrogens is 248 g/mol. The molecular formula is C17H20N2O. The Morgan fingerprint density at radius 2 is 1.95 bits per heavy atom. The number of nitrogens with zero attached hydrogens (tertiary/aromatic N) is 1. The van der Waals surface area contributed by atoms with Crippen molar-refractivity contribution in [3.05, 3.63) is 48.0 Å². The summed E-state index contributed by atoms with van der Waals surface area (Å²) in [4.78, 5) is 13.9. The number of hydrogen-bond donors (Lipinski definition) is 1. The van der Waals surface area contributed by atoms with Gasteiger partial charge in [0.1, 0.15) is 0 Å². The monoisotopic (exact) mass is 268 g/mol. The molecule has 1 fully saturated rings. The maximum atomic E-state index is 12.0. The summed E-state index contributed by atoms with van der Waals surface area (Å²) < 4.78 is 0. The summed E-state index contributed by atoms with van der Waals surface area (Å²) >= 11 is 0. The van der Waals surface area contributed by atoms with Crippen LogP contribution >= 0.6 is 0 Å². The number of carbonyl (C=O) groups is 1. The molecule has 1 heterocycles. The first kappa shape index (κ1) is 13.1. The fourth-order valence-electron chi connectivity index (χ4n) is 2.58. The van der Waals surface area contributed by atoms with Crippen LogP contribution in [-0.2, 0) is 11.2 Å². The van der Waals surface area contributed by atoms with E-state index in [1.54, 1.807) is 0 Å². The van der Waals surface area contributed by atoms with Crippen LogP contribution in [0.4, 0.5) is 0 Å². The zero-order chi connectivity index (χ0) is 13.9. The maximum absolute atomic E-state index is 12.0. The van der Waals surface area contributed by atoms with Crippen LogP contribution in [0.1, 0.15) is 5.56 Å². The molecule has 3 heteroatoms. The molecule has 2 aromatic carbocycles. The van der Waals surface area contributed by atoms with Crippen LogP contribution in [0.3, 0.4) is 0 Å². The third-order valence-corrected chi connectivity index (χ3v) is 4.06. The molecule has 0 saturated carbocycles. The van der Waals surface area contributed by atoms with Crippen molar-refractivity contribution in [2.75, 3.05) is 26.7 Å². The van der Waals surface area contributed by atoms with Crippen molar-refractivity contribution in [2.45, 2.75) is 6.42 Å². The molecule has 0 radical (unpaired) electrons. The third kappa shape index (κ3) is 2.68. The van der Waals surface area contributed by atoms with Gasteiger partial charge < -0.3 is 10.2 Å². The highest BCUT2D eigenvalue weighted by atomic mass is 16.2. The largest absolute Gasteiger partial charge is 0.345 e. The smallest absolute Gasteiger partial charge is 0.228 e. The molecule has 1 amide bonds. The van der Waals surface area contributed by atoms with E-state index in [1.165, 1.54) is 16.3 Å². The summed E-state index contributed by atoms with van der Waals surface area (Å²) in [6.07, 6.45) is 0.910. The van der Waals surface area contributed by atoms with Gasteiger partial charge in [0.25, 0.3) is 0 Å². The van der Waals surface area contributed by atoms with E-state index in [2.05, 4.69) is 47.8 Å². The Bertz CT molecular complexity index is 619. The lowest BCUT2D eigenvalue weighted by atomic mass is 10.0. The highest BCUT2D eigenvalue weighted by Gasteiger charge is 2.27. The lowest BCUT2D eigenvalue weighted by Crippen LogP contribution is -2.51. The molecule has 0 spiro atoms. The quantitative estimate of drug-likeness (QED) is 0.920. The minimum absolute atomic E-state index is 0.191. The molecule has 0 aromatic heterocycles. The van der Waals surface area contributed by atoms with Gasteiger partial charge in [-0.05, 0) is 22.8 Å². The van der Waals surface area contributed by atoms with Crippen molar-refractivity contribution in [2.24, 2.45) is 5.92 Å². The molecule has 3 nitrogen and oxygen atoms in total. The van der Waals surface area contributed by atoms with E-state index in [0.717, 1.165) is 26.1 Å². The predicted octanol–water partition coefficient (Wildman–Crippen LogP) is 2.06. The standard InChI is InChI=1S/C17H20N2O/c1-19(17(20)16-11-18-12-16)9-8-13-6-7-14-4-2-3-5-15(14)10-13/h2-7,10,16,18H,8-9,11-12H2,1H3. The minimum Gasteiger partial charge on any atom is -0.345 e. The molecule has 0 atom stereocenters. The topological polar surface area (TPSA) is 32.3 Å². The van der Waals surface area contributed by atoms with Crippen LogP contribution in [0, 0.1) is 5.92 Å². The summed E-state index contributed by atoms with van der Waals surface area (Å²) in [5, 5.41) is 5.67. The molecule has 2 aromatic rings. The number of nitrogens with one attached hydrogen (secondary N) is 1. The number of likely N-dealkylation sites (N-methyl/N-ethyl adjacent to an activating group) is 1. The molecule has 0 aliphatic carbocycles. The van der Waals surface area contributed by atoms with Crippen molar-refractivity contribution >= 4 is 16.7 Å². The number of amides is 1. The van der Waals surface area contributed by atoms with Crippen molar-refractivity contribution in [1.29, 1.82) is 0 Å². The lowest BCUT2D eigenvalue weighted by Gasteiger charge is -2.30. The first-order valence-electron chi connectivity index (χ1n) is 7.17. The Hall–Kier alpha value is -1.87. The second-order valence-electron chi connectivity index (χ2n) is 5.55. The van der Waals surface area contributed by atoms with Gasteiger partial charge in [-0.15, -0.1) is 0 Å². The lowest BCUT2D eigenvalue weighted by molar-refractivity contribution is -0.135. The number of rotatable bonds is 4. The molecule has 1 aliphatic heterocycles. The van der Waals surface area contributed by atoms with E-state index in [-0.39, 0.29) is 11.8 Å². The highest BCUT2D eigenvalue weighted by Crippen LogP contribution is 2.16. The number of hydrogen-bond acceptors (Lipinski definition) is 2. The zero-order valence-corrected chi connectivity index (χ0v) is 11.8. The Kier molecular flexibility index (Phi) is 3.70. The van der Waals surface area contributed by atoms with E-state index in [9.17, 15) is 4.79 Å². The summed E-state index contributed by atoms with van der Waals surface area (Å²) in [5.74, 6) is 0.459. The number of fused-ring (bicyclic) bond motifs is 1. The van der Waals surface area contributed by atoms with Gasteiger partial charge in [0.15, 0.2) is 0 Å². The third-order valence-electron chi connectivity index (χ3n) is 4.06. The minimum atomic E-state index is 0.191. The Balaban J connectivity index is 1.62. The predicted molar refractivity (Wildman–Crippen MR) is 81.6 cm³/mol. The van der Waals surface area contributed by atoms with Crippen LogP contribution in [-0.4, -0.2) is 37.5 Å². The molecule has 1 aliphatic rings. The van der Waals surface area contributed by atoms with Gasteiger partial charge in [0.05, 0.1) is 5.92 Å². The zero-order valence-electron chi connectivity index (χ0n) is 11.8. The van der Waals surface area contributed by atoms with Crippen LogP contribution in [0.15, 0.2) is 42.5 Å². The second kappa shape index (κ2) is 5.63. The number of carbonyl (C=O) groups excluding carboxylic acids is 1. The summed E-state index contributed by atoms with van der Waals surface area (Å²) in [6, 6.07) is 14.9. The van der Waals surface area contributed by atoms with E-state index in [1.807, 2.05) is 11.9 Å². The van der Waals surface area contributed by atoms with E-state index in [4.69, 9.17) is 0 Å². The van der Waals surface area contributed by atoms with Crippen molar-refractivity contribution < 1.29 is 4.79 Å².